The number of nitrogens with one attached hydrogen (secondary N) is 1. The minimum absolute atomic E-state index is 0.137. The van der Waals surface area contributed by atoms with Gasteiger partial charge in [-0.05, 0) is 30.2 Å². The van der Waals surface area contributed by atoms with Crippen molar-refractivity contribution in [3.8, 4) is 0 Å². The third kappa shape index (κ3) is 6.05. The number of piperazine rings is 1. The van der Waals surface area contributed by atoms with Gasteiger partial charge in [-0.25, -0.2) is 4.39 Å². The van der Waals surface area contributed by atoms with Gasteiger partial charge in [-0.1, -0.05) is 65.6 Å². The van der Waals surface area contributed by atoms with E-state index in [1.54, 1.807) is 12.1 Å². The molecule has 9 heteroatoms. The van der Waals surface area contributed by atoms with E-state index in [4.69, 9.17) is 0 Å². The molecule has 1 aromatic heterocycles. The van der Waals surface area contributed by atoms with Crippen molar-refractivity contribution in [2.75, 3.05) is 37.2 Å². The van der Waals surface area contributed by atoms with Crippen molar-refractivity contribution < 1.29 is 9.18 Å². The van der Waals surface area contributed by atoms with Crippen molar-refractivity contribution in [2.45, 2.75) is 23.8 Å². The molecule has 1 atom stereocenters. The lowest BCUT2D eigenvalue weighted by Crippen LogP contribution is -2.49. The molecule has 2 aromatic carbocycles. The van der Waals surface area contributed by atoms with Crippen LogP contribution in [0.4, 0.5) is 9.52 Å². The highest BCUT2D eigenvalue weighted by Crippen LogP contribution is 2.27. The zero-order valence-electron chi connectivity index (χ0n) is 17.9. The number of nitrogens with zero attached hydrogens (tertiary/aromatic N) is 4. The molecule has 3 aromatic rings. The highest BCUT2D eigenvalue weighted by molar-refractivity contribution is 8.01. The Kier molecular flexibility index (Phi) is 7.72. The SMILES string of the molecule is C[C@H](c1ccccc1)N1CCN(C(=O)CSc2nnc(NCc3ccc(F)cc3)s2)CC1. The number of rotatable bonds is 8. The molecule has 0 spiro atoms. The normalized spacial score (nSPS) is 15.5. The number of halogens is 1. The molecular formula is C23H26FN5OS2. The van der Waals surface area contributed by atoms with Crippen molar-refractivity contribution >= 4 is 34.1 Å². The van der Waals surface area contributed by atoms with Crippen LogP contribution in [0.2, 0.25) is 0 Å². The first-order valence-electron chi connectivity index (χ1n) is 10.6. The van der Waals surface area contributed by atoms with Crippen molar-refractivity contribution in [3.63, 3.8) is 0 Å². The van der Waals surface area contributed by atoms with E-state index in [1.165, 1.54) is 40.8 Å². The molecule has 0 saturated carbocycles. The fourth-order valence-electron chi connectivity index (χ4n) is 3.64. The molecule has 0 radical (unpaired) electrons. The van der Waals surface area contributed by atoms with E-state index in [-0.39, 0.29) is 11.7 Å². The summed E-state index contributed by atoms with van der Waals surface area (Å²) in [4.78, 5) is 17.0. The number of hydrogen-bond acceptors (Lipinski definition) is 7. The Bertz CT molecular complexity index is 1010. The second-order valence-electron chi connectivity index (χ2n) is 7.65. The number of benzene rings is 2. The summed E-state index contributed by atoms with van der Waals surface area (Å²) in [5.41, 5.74) is 2.27. The Labute approximate surface area is 195 Å². The Morgan fingerprint density at radius 2 is 1.81 bits per heavy atom. The average molecular weight is 472 g/mol. The first-order valence-corrected chi connectivity index (χ1v) is 12.4. The van der Waals surface area contributed by atoms with Crippen molar-refractivity contribution in [1.82, 2.24) is 20.0 Å². The highest BCUT2D eigenvalue weighted by Gasteiger charge is 2.24. The van der Waals surface area contributed by atoms with Crippen LogP contribution >= 0.6 is 23.1 Å². The van der Waals surface area contributed by atoms with Gasteiger partial charge in [-0.3, -0.25) is 9.69 Å². The maximum atomic E-state index is 13.0. The molecule has 1 saturated heterocycles. The van der Waals surface area contributed by atoms with E-state index in [0.717, 1.165) is 36.1 Å². The van der Waals surface area contributed by atoms with E-state index in [0.29, 0.717) is 23.5 Å². The Morgan fingerprint density at radius 1 is 1.09 bits per heavy atom. The molecule has 1 N–H and O–H groups in total. The fourth-order valence-corrected chi connectivity index (χ4v) is 5.29. The molecule has 1 amide bonds. The van der Waals surface area contributed by atoms with Crippen molar-refractivity contribution in [3.05, 3.63) is 71.5 Å². The summed E-state index contributed by atoms with van der Waals surface area (Å²) in [6, 6.07) is 17.2. The second-order valence-corrected chi connectivity index (χ2v) is 9.85. The van der Waals surface area contributed by atoms with Crippen LogP contribution in [0, 0.1) is 5.82 Å². The van der Waals surface area contributed by atoms with E-state index in [1.807, 2.05) is 11.0 Å². The summed E-state index contributed by atoms with van der Waals surface area (Å²) >= 11 is 2.84. The van der Waals surface area contributed by atoms with E-state index in [2.05, 4.69) is 51.6 Å². The highest BCUT2D eigenvalue weighted by atomic mass is 32.2. The standard InChI is InChI=1S/C23H26FN5OS2/c1-17(19-5-3-2-4-6-19)28-11-13-29(14-12-28)21(30)16-31-23-27-26-22(32-23)25-15-18-7-9-20(24)10-8-18/h2-10,17H,11-16H2,1H3,(H,25,26)/t17-/m1/s1. The zero-order valence-corrected chi connectivity index (χ0v) is 19.5. The lowest BCUT2D eigenvalue weighted by Gasteiger charge is -2.38. The summed E-state index contributed by atoms with van der Waals surface area (Å²) in [6.07, 6.45) is 0. The minimum Gasteiger partial charge on any atom is -0.356 e. The molecule has 0 unspecified atom stereocenters. The minimum atomic E-state index is -0.250. The smallest absolute Gasteiger partial charge is 0.233 e. The largest absolute Gasteiger partial charge is 0.356 e. The Morgan fingerprint density at radius 3 is 2.53 bits per heavy atom. The first kappa shape index (κ1) is 22.7. The van der Waals surface area contributed by atoms with Gasteiger partial charge in [0, 0.05) is 38.8 Å². The van der Waals surface area contributed by atoms with E-state index >= 15 is 0 Å². The molecule has 4 rings (SSSR count). The average Bonchev–Trinajstić information content (AvgIpc) is 3.30. The monoisotopic (exact) mass is 471 g/mol. The molecule has 0 bridgehead atoms. The first-order chi connectivity index (χ1) is 15.6. The second kappa shape index (κ2) is 10.9. The predicted octanol–water partition coefficient (Wildman–Crippen LogP) is 4.29. The maximum Gasteiger partial charge on any atom is 0.233 e. The van der Waals surface area contributed by atoms with Crippen LogP contribution in [-0.2, 0) is 11.3 Å². The van der Waals surface area contributed by atoms with Gasteiger partial charge in [0.05, 0.1) is 5.75 Å². The zero-order chi connectivity index (χ0) is 22.3. The third-order valence-corrected chi connectivity index (χ3v) is 7.58. The Balaban J connectivity index is 1.19. The number of carbonyl (C=O) groups is 1. The van der Waals surface area contributed by atoms with Crippen LogP contribution in [-0.4, -0.2) is 57.8 Å². The topological polar surface area (TPSA) is 61.4 Å². The number of aromatic nitrogens is 2. The summed E-state index contributed by atoms with van der Waals surface area (Å²) < 4.78 is 13.7. The summed E-state index contributed by atoms with van der Waals surface area (Å²) in [5.74, 6) is 0.249. The van der Waals surface area contributed by atoms with E-state index in [9.17, 15) is 9.18 Å². The number of thioether (sulfide) groups is 1. The van der Waals surface area contributed by atoms with Crippen molar-refractivity contribution in [2.24, 2.45) is 0 Å². The van der Waals surface area contributed by atoms with Crippen LogP contribution in [0.5, 0.6) is 0 Å². The van der Waals surface area contributed by atoms with Gasteiger partial charge in [0.1, 0.15) is 5.82 Å². The van der Waals surface area contributed by atoms with Gasteiger partial charge in [-0.2, -0.15) is 0 Å². The van der Waals surface area contributed by atoms with Gasteiger partial charge in [-0.15, -0.1) is 10.2 Å². The predicted molar refractivity (Wildman–Crippen MR) is 127 cm³/mol. The molecule has 1 aliphatic rings. The fraction of sp³-hybridized carbons (Fsp3) is 0.348. The lowest BCUT2D eigenvalue weighted by atomic mass is 10.1. The number of amides is 1. The van der Waals surface area contributed by atoms with Gasteiger partial charge in [0.25, 0.3) is 0 Å². The summed E-state index contributed by atoms with van der Waals surface area (Å²) in [7, 11) is 0. The molecule has 6 nitrogen and oxygen atoms in total. The van der Waals surface area contributed by atoms with Gasteiger partial charge in [0.15, 0.2) is 4.34 Å². The molecule has 32 heavy (non-hydrogen) atoms. The Hall–Kier alpha value is -2.49. The quantitative estimate of drug-likeness (QED) is 0.495. The van der Waals surface area contributed by atoms with Gasteiger partial charge < -0.3 is 10.2 Å². The molecular weight excluding hydrogens is 445 g/mol. The van der Waals surface area contributed by atoms with Gasteiger partial charge >= 0.3 is 0 Å². The number of anilines is 1. The van der Waals surface area contributed by atoms with Crippen LogP contribution < -0.4 is 5.32 Å². The van der Waals surface area contributed by atoms with Crippen LogP contribution in [0.1, 0.15) is 24.1 Å². The number of carbonyl (C=O) groups excluding carboxylic acids is 1. The van der Waals surface area contributed by atoms with Crippen LogP contribution in [0.15, 0.2) is 58.9 Å². The van der Waals surface area contributed by atoms with E-state index < -0.39 is 0 Å². The summed E-state index contributed by atoms with van der Waals surface area (Å²) in [6.45, 7) is 6.02. The molecule has 1 fully saturated rings. The molecule has 2 heterocycles. The molecule has 0 aliphatic carbocycles. The van der Waals surface area contributed by atoms with Crippen LogP contribution in [0.3, 0.4) is 0 Å². The third-order valence-electron chi connectivity index (χ3n) is 5.58. The molecule has 168 valence electrons. The molecule has 1 aliphatic heterocycles. The van der Waals surface area contributed by atoms with Crippen molar-refractivity contribution in [1.29, 1.82) is 0 Å². The number of hydrogen-bond donors (Lipinski definition) is 1. The summed E-state index contributed by atoms with van der Waals surface area (Å²) in [5, 5.41) is 12.2. The van der Waals surface area contributed by atoms with Crippen LogP contribution in [0.25, 0.3) is 0 Å². The lowest BCUT2D eigenvalue weighted by molar-refractivity contribution is -0.130. The van der Waals surface area contributed by atoms with Gasteiger partial charge in [0.2, 0.25) is 11.0 Å². The maximum absolute atomic E-state index is 13.0.